The predicted octanol–water partition coefficient (Wildman–Crippen LogP) is 3.64. The molecule has 0 atom stereocenters. The molecule has 0 N–H and O–H groups in total. The van der Waals surface area contributed by atoms with E-state index in [1.54, 1.807) is 12.1 Å². The van der Waals surface area contributed by atoms with Crippen LogP contribution in [0.3, 0.4) is 0 Å². The summed E-state index contributed by atoms with van der Waals surface area (Å²) >= 11 is 0. The zero-order valence-corrected chi connectivity index (χ0v) is 8.63. The minimum absolute atomic E-state index is 0.161. The molecule has 0 aromatic heterocycles. The van der Waals surface area contributed by atoms with Crippen LogP contribution >= 0.6 is 0 Å². The fraction of sp³-hybridized carbons (Fsp3) is 0.0769. The average molecular weight is 221 g/mol. The highest BCUT2D eigenvalue weighted by atomic mass is 19.1. The molecule has 82 valence electrons. The molecule has 1 nitrogen and oxygen atoms in total. The Labute approximate surface area is 93.7 Å². The minimum atomic E-state index is -0.644. The van der Waals surface area contributed by atoms with Crippen molar-refractivity contribution < 1.29 is 14.9 Å². The first-order chi connectivity index (χ1) is 8.11. The highest BCUT2D eigenvalue weighted by molar-refractivity contribution is 5.64. The predicted molar refractivity (Wildman–Crippen MR) is 58.3 cm³/mol. The van der Waals surface area contributed by atoms with Crippen LogP contribution in [0, 0.1) is 11.6 Å². The molecule has 0 heterocycles. The summed E-state index contributed by atoms with van der Waals surface area (Å²) in [7, 11) is 1.46. The first kappa shape index (κ1) is 9.33. The van der Waals surface area contributed by atoms with Gasteiger partial charge in [-0.2, -0.15) is 0 Å². The van der Waals surface area contributed by atoms with E-state index in [4.69, 9.17) is 6.11 Å². The number of halogens is 2. The Bertz CT molecular complexity index is 555. The Kier molecular flexibility index (Phi) is 2.51. The molecule has 2 rings (SSSR count). The third-order valence-corrected chi connectivity index (χ3v) is 2.25. The topological polar surface area (TPSA) is 9.23 Å². The van der Waals surface area contributed by atoms with E-state index in [2.05, 4.69) is 0 Å². The van der Waals surface area contributed by atoms with E-state index < -0.39 is 11.6 Å². The van der Waals surface area contributed by atoms with Crippen molar-refractivity contribution in [1.29, 1.82) is 0 Å². The summed E-state index contributed by atoms with van der Waals surface area (Å²) in [6.07, 6.45) is 0. The van der Waals surface area contributed by atoms with E-state index in [1.165, 1.54) is 25.3 Å². The summed E-state index contributed by atoms with van der Waals surface area (Å²) in [5.41, 5.74) is 0.788. The number of methoxy groups -OCH3 is 1. The van der Waals surface area contributed by atoms with Crippen molar-refractivity contribution in [3.63, 3.8) is 0 Å². The maximum Gasteiger partial charge on any atom is 0.133 e. The lowest BCUT2D eigenvalue weighted by Crippen LogP contribution is -1.87. The summed E-state index contributed by atoms with van der Waals surface area (Å²) in [6, 6.07) is 8.22. The van der Waals surface area contributed by atoms with E-state index in [0.29, 0.717) is 11.3 Å². The fourth-order valence-corrected chi connectivity index (χ4v) is 1.43. The quantitative estimate of drug-likeness (QED) is 0.752. The molecule has 0 aliphatic heterocycles. The van der Waals surface area contributed by atoms with Crippen LogP contribution in [0.5, 0.6) is 5.75 Å². The maximum absolute atomic E-state index is 13.5. The van der Waals surface area contributed by atoms with Gasteiger partial charge < -0.3 is 4.74 Å². The van der Waals surface area contributed by atoms with Gasteiger partial charge >= 0.3 is 0 Å². The third kappa shape index (κ3) is 2.03. The van der Waals surface area contributed by atoms with Crippen LogP contribution in [0.2, 0.25) is 0 Å². The molecule has 0 radical (unpaired) electrons. The van der Waals surface area contributed by atoms with Gasteiger partial charge in [-0.25, -0.2) is 8.78 Å². The molecule has 0 spiro atoms. The van der Waals surface area contributed by atoms with E-state index in [9.17, 15) is 8.78 Å². The van der Waals surface area contributed by atoms with Crippen molar-refractivity contribution in [2.75, 3.05) is 7.11 Å². The normalized spacial score (nSPS) is 11.1. The third-order valence-electron chi connectivity index (χ3n) is 2.25. The highest BCUT2D eigenvalue weighted by Crippen LogP contribution is 2.25. The van der Waals surface area contributed by atoms with Crippen molar-refractivity contribution in [2.24, 2.45) is 0 Å². The van der Waals surface area contributed by atoms with Gasteiger partial charge in [0.2, 0.25) is 0 Å². The lowest BCUT2D eigenvalue weighted by atomic mass is 10.1. The summed E-state index contributed by atoms with van der Waals surface area (Å²) in [6.45, 7) is 0. The standard InChI is InChI=1S/C13H10F2O/c1-16-11-5-2-9(3-6-11)12-7-4-10(14)8-13(12)15/h2-8H,1H3/i5D. The number of benzene rings is 2. The maximum atomic E-state index is 13.5. The Morgan fingerprint density at radius 3 is 2.56 bits per heavy atom. The smallest absolute Gasteiger partial charge is 0.133 e. The summed E-state index contributed by atoms with van der Waals surface area (Å²) in [5.74, 6) is -0.850. The van der Waals surface area contributed by atoms with E-state index in [0.717, 1.165) is 6.07 Å². The van der Waals surface area contributed by atoms with Gasteiger partial charge in [0, 0.05) is 11.6 Å². The first-order valence-electron chi connectivity index (χ1n) is 5.22. The second kappa shape index (κ2) is 4.31. The Balaban J connectivity index is 2.50. The van der Waals surface area contributed by atoms with E-state index >= 15 is 0 Å². The number of ether oxygens (including phenoxy) is 1. The van der Waals surface area contributed by atoms with Gasteiger partial charge in [0.15, 0.2) is 0 Å². The Morgan fingerprint density at radius 1 is 1.12 bits per heavy atom. The largest absolute Gasteiger partial charge is 0.497 e. The number of hydrogen-bond donors (Lipinski definition) is 0. The lowest BCUT2D eigenvalue weighted by Gasteiger charge is -2.05. The molecule has 2 aromatic carbocycles. The fourth-order valence-electron chi connectivity index (χ4n) is 1.43. The van der Waals surface area contributed by atoms with E-state index in [-0.39, 0.29) is 11.6 Å². The molecule has 16 heavy (non-hydrogen) atoms. The van der Waals surface area contributed by atoms with Crippen LogP contribution in [0.25, 0.3) is 11.1 Å². The minimum Gasteiger partial charge on any atom is -0.497 e. The van der Waals surface area contributed by atoms with Crippen molar-refractivity contribution in [1.82, 2.24) is 0 Å². The van der Waals surface area contributed by atoms with Crippen LogP contribution < -0.4 is 4.74 Å². The zero-order chi connectivity index (χ0) is 12.4. The van der Waals surface area contributed by atoms with Crippen molar-refractivity contribution in [3.05, 3.63) is 54.1 Å². The van der Waals surface area contributed by atoms with Crippen molar-refractivity contribution in [3.8, 4) is 16.9 Å². The second-order valence-corrected chi connectivity index (χ2v) is 3.27. The molecule has 0 bridgehead atoms. The molecule has 0 amide bonds. The molecular formula is C13H10F2O. The molecule has 3 heteroatoms. The highest BCUT2D eigenvalue weighted by Gasteiger charge is 2.05. The molecule has 0 fully saturated rings. The van der Waals surface area contributed by atoms with Gasteiger partial charge in [-0.05, 0) is 29.8 Å². The summed E-state index contributed by atoms with van der Waals surface area (Å²) in [4.78, 5) is 0. The zero-order valence-electron chi connectivity index (χ0n) is 9.63. The van der Waals surface area contributed by atoms with Gasteiger partial charge in [0.25, 0.3) is 0 Å². The molecule has 0 saturated carbocycles. The first-order valence-corrected chi connectivity index (χ1v) is 4.72. The van der Waals surface area contributed by atoms with Gasteiger partial charge in [-0.1, -0.05) is 12.1 Å². The van der Waals surface area contributed by atoms with Gasteiger partial charge in [-0.3, -0.25) is 0 Å². The second-order valence-electron chi connectivity index (χ2n) is 3.27. The van der Waals surface area contributed by atoms with E-state index in [1.807, 2.05) is 0 Å². The summed E-state index contributed by atoms with van der Waals surface area (Å²) in [5, 5.41) is 0. The van der Waals surface area contributed by atoms with Gasteiger partial charge in [0.1, 0.15) is 17.4 Å². The monoisotopic (exact) mass is 221 g/mol. The van der Waals surface area contributed by atoms with Crippen LogP contribution in [-0.2, 0) is 0 Å². The molecule has 0 unspecified atom stereocenters. The average Bonchev–Trinajstić information content (AvgIpc) is 2.29. The molecule has 0 aliphatic rings. The molecule has 2 aromatic rings. The van der Waals surface area contributed by atoms with Crippen LogP contribution in [0.4, 0.5) is 8.78 Å². The summed E-state index contributed by atoms with van der Waals surface area (Å²) < 4.78 is 38.9. The van der Waals surface area contributed by atoms with Crippen LogP contribution in [0.15, 0.2) is 42.4 Å². The van der Waals surface area contributed by atoms with Crippen LogP contribution in [-0.4, -0.2) is 7.11 Å². The van der Waals surface area contributed by atoms with Crippen LogP contribution in [0.1, 0.15) is 1.37 Å². The Morgan fingerprint density at radius 2 is 1.94 bits per heavy atom. The van der Waals surface area contributed by atoms with Crippen molar-refractivity contribution in [2.45, 2.75) is 0 Å². The van der Waals surface area contributed by atoms with Gasteiger partial charge in [-0.15, -0.1) is 0 Å². The SMILES string of the molecule is [2H]c1cc(-c2ccc(F)cc2F)ccc1OC. The molecule has 0 saturated heterocycles. The number of hydrogen-bond acceptors (Lipinski definition) is 1. The number of rotatable bonds is 2. The Hall–Kier alpha value is -1.90. The lowest BCUT2D eigenvalue weighted by molar-refractivity contribution is 0.415. The van der Waals surface area contributed by atoms with Gasteiger partial charge in [0.05, 0.1) is 8.48 Å². The molecule has 0 aliphatic carbocycles. The van der Waals surface area contributed by atoms with Crippen molar-refractivity contribution >= 4 is 0 Å². The molecular weight excluding hydrogens is 210 g/mol.